The highest BCUT2D eigenvalue weighted by Crippen LogP contribution is 2.34. The molecule has 188 valence electrons. The van der Waals surface area contributed by atoms with Gasteiger partial charge in [0.05, 0.1) is 7.11 Å². The monoisotopic (exact) mass is 500 g/mol. The number of aromatic nitrogens is 1. The topological polar surface area (TPSA) is 120 Å². The molecule has 0 spiro atoms. The normalized spacial score (nSPS) is 11.8. The number of nitrogens with one attached hydrogen (secondary N) is 3. The van der Waals surface area contributed by atoms with Crippen molar-refractivity contribution in [3.63, 3.8) is 0 Å². The van der Waals surface area contributed by atoms with Crippen molar-refractivity contribution in [3.8, 4) is 17.2 Å². The highest BCUT2D eigenvalue weighted by atomic mass is 16.7. The molecule has 4 aromatic rings. The lowest BCUT2D eigenvalue weighted by molar-refractivity contribution is -0.133. The molecular weight excluding hydrogens is 476 g/mol. The van der Waals surface area contributed by atoms with Crippen molar-refractivity contribution in [1.29, 1.82) is 0 Å². The minimum absolute atomic E-state index is 0.0861. The van der Waals surface area contributed by atoms with Crippen LogP contribution in [0.5, 0.6) is 17.2 Å². The number of aryl methyl sites for hydroxylation is 2. The predicted molar refractivity (Wildman–Crippen MR) is 138 cm³/mol. The summed E-state index contributed by atoms with van der Waals surface area (Å²) in [5, 5.41) is 6.02. The van der Waals surface area contributed by atoms with Gasteiger partial charge in [-0.25, -0.2) is 4.68 Å². The van der Waals surface area contributed by atoms with Gasteiger partial charge in [-0.05, 0) is 61.4 Å². The van der Waals surface area contributed by atoms with Crippen molar-refractivity contribution in [3.05, 3.63) is 77.5 Å². The molecule has 1 aromatic heterocycles. The Hall–Kier alpha value is -4.99. The van der Waals surface area contributed by atoms with Gasteiger partial charge in [0.25, 0.3) is 5.91 Å². The second-order valence-electron chi connectivity index (χ2n) is 8.48. The number of para-hydroxylation sites is 1. The first kappa shape index (κ1) is 23.7. The van der Waals surface area contributed by atoms with E-state index in [0.717, 1.165) is 11.1 Å². The molecule has 5 rings (SSSR count). The Morgan fingerprint density at radius 1 is 0.838 bits per heavy atom. The number of fused-ring (bicyclic) bond motifs is 2. The Kier molecular flexibility index (Phi) is 6.14. The van der Waals surface area contributed by atoms with Crippen LogP contribution in [0.4, 0.5) is 11.4 Å². The van der Waals surface area contributed by atoms with Crippen molar-refractivity contribution >= 4 is 40.0 Å². The molecule has 0 aliphatic carbocycles. The molecule has 2 heterocycles. The zero-order valence-corrected chi connectivity index (χ0v) is 20.4. The second kappa shape index (κ2) is 9.57. The maximum absolute atomic E-state index is 13.3. The van der Waals surface area contributed by atoms with Gasteiger partial charge in [-0.15, -0.1) is 0 Å². The molecule has 0 radical (unpaired) electrons. The zero-order valence-electron chi connectivity index (χ0n) is 20.4. The van der Waals surface area contributed by atoms with Crippen LogP contribution in [-0.4, -0.2) is 36.3 Å². The van der Waals surface area contributed by atoms with Crippen LogP contribution in [0.25, 0.3) is 10.9 Å². The van der Waals surface area contributed by atoms with Crippen molar-refractivity contribution in [1.82, 2.24) is 4.68 Å². The Balaban J connectivity index is 1.44. The molecule has 10 heteroatoms. The van der Waals surface area contributed by atoms with E-state index >= 15 is 0 Å². The van der Waals surface area contributed by atoms with E-state index in [1.165, 1.54) is 11.8 Å². The summed E-state index contributed by atoms with van der Waals surface area (Å²) in [6.07, 6.45) is 0. The van der Waals surface area contributed by atoms with E-state index in [0.29, 0.717) is 39.5 Å². The average molecular weight is 501 g/mol. The minimum Gasteiger partial charge on any atom is -0.494 e. The van der Waals surface area contributed by atoms with Crippen LogP contribution in [0.1, 0.15) is 21.6 Å². The smallest absolute Gasteiger partial charge is 0.328 e. The predicted octanol–water partition coefficient (Wildman–Crippen LogP) is 3.96. The first-order chi connectivity index (χ1) is 17.8. The molecule has 0 saturated heterocycles. The fraction of sp³-hybridized carbons (Fsp3) is 0.148. The summed E-state index contributed by atoms with van der Waals surface area (Å²) in [4.78, 5) is 39.0. The summed E-state index contributed by atoms with van der Waals surface area (Å²) < 4.78 is 17.3. The lowest BCUT2D eigenvalue weighted by atomic mass is 10.1. The maximum Gasteiger partial charge on any atom is 0.328 e. The molecule has 1 aliphatic heterocycles. The third-order valence-electron chi connectivity index (χ3n) is 6.05. The fourth-order valence-electron chi connectivity index (χ4n) is 4.00. The first-order valence-electron chi connectivity index (χ1n) is 11.4. The molecule has 0 unspecified atom stereocenters. The number of hydrogen-bond donors (Lipinski definition) is 3. The molecule has 3 N–H and O–H groups in total. The number of ether oxygens (including phenoxy) is 3. The van der Waals surface area contributed by atoms with Crippen LogP contribution in [0.3, 0.4) is 0 Å². The van der Waals surface area contributed by atoms with Gasteiger partial charge >= 0.3 is 11.8 Å². The Labute approximate surface area is 212 Å². The number of nitrogens with zero attached hydrogens (tertiary/aromatic N) is 1. The molecule has 10 nitrogen and oxygen atoms in total. The lowest BCUT2D eigenvalue weighted by Gasteiger charge is -2.14. The van der Waals surface area contributed by atoms with Gasteiger partial charge in [0.2, 0.25) is 6.79 Å². The number of amides is 3. The third-order valence-corrected chi connectivity index (χ3v) is 6.05. The zero-order chi connectivity index (χ0) is 26.1. The van der Waals surface area contributed by atoms with E-state index in [9.17, 15) is 14.4 Å². The quantitative estimate of drug-likeness (QED) is 0.357. The van der Waals surface area contributed by atoms with Gasteiger partial charge in [-0.3, -0.25) is 19.8 Å². The summed E-state index contributed by atoms with van der Waals surface area (Å²) in [6.45, 7) is 4.02. The van der Waals surface area contributed by atoms with Crippen molar-refractivity contribution < 1.29 is 28.6 Å². The van der Waals surface area contributed by atoms with E-state index in [-0.39, 0.29) is 12.5 Å². The number of hydrogen-bond acceptors (Lipinski definition) is 6. The second-order valence-corrected chi connectivity index (χ2v) is 8.48. The van der Waals surface area contributed by atoms with Crippen LogP contribution >= 0.6 is 0 Å². The standard InChI is InChI=1S/C27H24N4O6/c1-15-7-8-18(11-16(15)2)28-25(32)20-12-17-5-4-6-22(35-3)24(17)31(20)30-27(34)26(33)29-19-9-10-21-23(13-19)37-14-36-21/h4-13H,14H2,1-3H3,(H,28,32)(H,29,33)(H,30,34). The Morgan fingerprint density at radius 2 is 1.59 bits per heavy atom. The summed E-state index contributed by atoms with van der Waals surface area (Å²) in [5.41, 5.74) is 6.15. The summed E-state index contributed by atoms with van der Waals surface area (Å²) in [6, 6.07) is 17.2. The van der Waals surface area contributed by atoms with Gasteiger partial charge in [0.15, 0.2) is 11.5 Å². The van der Waals surface area contributed by atoms with Crippen molar-refractivity contribution in [2.24, 2.45) is 0 Å². The maximum atomic E-state index is 13.3. The number of benzene rings is 3. The molecule has 1 aliphatic rings. The summed E-state index contributed by atoms with van der Waals surface area (Å²) in [5.74, 6) is -0.966. The van der Waals surface area contributed by atoms with Crippen LogP contribution in [0, 0.1) is 13.8 Å². The van der Waals surface area contributed by atoms with E-state index in [4.69, 9.17) is 14.2 Å². The molecule has 37 heavy (non-hydrogen) atoms. The molecule has 3 aromatic carbocycles. The molecule has 0 bridgehead atoms. The number of rotatable bonds is 5. The van der Waals surface area contributed by atoms with Crippen LogP contribution in [-0.2, 0) is 9.59 Å². The highest BCUT2D eigenvalue weighted by Gasteiger charge is 2.23. The summed E-state index contributed by atoms with van der Waals surface area (Å²) in [7, 11) is 1.48. The number of carbonyl (C=O) groups excluding carboxylic acids is 3. The lowest BCUT2D eigenvalue weighted by Crippen LogP contribution is -2.36. The van der Waals surface area contributed by atoms with Crippen molar-refractivity contribution in [2.75, 3.05) is 30.0 Å². The minimum atomic E-state index is -0.985. The van der Waals surface area contributed by atoms with Crippen LogP contribution < -0.4 is 30.3 Å². The van der Waals surface area contributed by atoms with E-state index in [2.05, 4.69) is 16.1 Å². The van der Waals surface area contributed by atoms with E-state index in [1.807, 2.05) is 26.0 Å². The van der Waals surface area contributed by atoms with Gasteiger partial charge < -0.3 is 24.8 Å². The van der Waals surface area contributed by atoms with Gasteiger partial charge in [0.1, 0.15) is 17.0 Å². The Bertz CT molecular complexity index is 1560. The number of methoxy groups -OCH3 is 1. The van der Waals surface area contributed by atoms with Crippen LogP contribution in [0.2, 0.25) is 0 Å². The molecule has 0 atom stereocenters. The number of carbonyl (C=O) groups is 3. The fourth-order valence-corrected chi connectivity index (χ4v) is 4.00. The van der Waals surface area contributed by atoms with Gasteiger partial charge in [-0.2, -0.15) is 0 Å². The van der Waals surface area contributed by atoms with Gasteiger partial charge in [-0.1, -0.05) is 18.2 Å². The largest absolute Gasteiger partial charge is 0.494 e. The van der Waals surface area contributed by atoms with E-state index < -0.39 is 17.7 Å². The Morgan fingerprint density at radius 3 is 2.38 bits per heavy atom. The number of anilines is 2. The third kappa shape index (κ3) is 4.64. The molecule has 0 fully saturated rings. The molecular formula is C27H24N4O6. The van der Waals surface area contributed by atoms with Gasteiger partial charge in [0, 0.05) is 22.8 Å². The van der Waals surface area contributed by atoms with Crippen molar-refractivity contribution in [2.45, 2.75) is 13.8 Å². The first-order valence-corrected chi connectivity index (χ1v) is 11.4. The highest BCUT2D eigenvalue weighted by molar-refractivity contribution is 6.42. The average Bonchev–Trinajstić information content (AvgIpc) is 3.50. The van der Waals surface area contributed by atoms with E-state index in [1.54, 1.807) is 48.5 Å². The van der Waals surface area contributed by atoms with Crippen LogP contribution in [0.15, 0.2) is 60.7 Å². The molecule has 3 amide bonds. The summed E-state index contributed by atoms with van der Waals surface area (Å²) >= 11 is 0. The SMILES string of the molecule is COc1cccc2cc(C(=O)Nc3ccc(C)c(C)c3)n(NC(=O)C(=O)Nc3ccc4c(c3)OCO4)c12. The molecule has 0 saturated carbocycles.